The number of benzene rings is 2. The average Bonchev–Trinajstić information content (AvgIpc) is 2.85. The summed E-state index contributed by atoms with van der Waals surface area (Å²) in [6, 6.07) is 9.08. The van der Waals surface area contributed by atoms with Crippen molar-refractivity contribution in [3.63, 3.8) is 0 Å². The van der Waals surface area contributed by atoms with Crippen LogP contribution in [0.3, 0.4) is 0 Å². The summed E-state index contributed by atoms with van der Waals surface area (Å²) in [5, 5.41) is 3.94. The van der Waals surface area contributed by atoms with Crippen LogP contribution in [0.5, 0.6) is 0 Å². The van der Waals surface area contributed by atoms with Crippen LogP contribution in [0.2, 0.25) is 15.1 Å². The van der Waals surface area contributed by atoms with Gasteiger partial charge in [0, 0.05) is 10.0 Å². The van der Waals surface area contributed by atoms with Crippen LogP contribution in [0.1, 0.15) is 5.56 Å². The zero-order valence-electron chi connectivity index (χ0n) is 11.8. The van der Waals surface area contributed by atoms with Gasteiger partial charge in [-0.15, -0.1) is 0 Å². The first-order valence-electron chi connectivity index (χ1n) is 6.62. The van der Waals surface area contributed by atoms with E-state index in [1.54, 1.807) is 24.3 Å². The molecule has 0 aromatic heterocycles. The number of hydrogen-bond acceptors (Lipinski definition) is 3. The Hall–Kier alpha value is -1.53. The lowest BCUT2D eigenvalue weighted by atomic mass is 10.2. The second-order valence-electron chi connectivity index (χ2n) is 4.75. The number of amides is 1. The number of carbonyl (C=O) groups is 1. The van der Waals surface area contributed by atoms with Gasteiger partial charge in [-0.25, -0.2) is 9.38 Å². The normalized spacial score (nSPS) is 17.6. The lowest BCUT2D eigenvalue weighted by Gasteiger charge is -1.99. The van der Waals surface area contributed by atoms with E-state index in [1.807, 2.05) is 0 Å². The third-order valence-corrected chi connectivity index (χ3v) is 4.80. The van der Waals surface area contributed by atoms with E-state index in [0.717, 1.165) is 11.8 Å². The molecule has 2 aromatic rings. The lowest BCUT2D eigenvalue weighted by molar-refractivity contribution is -0.115. The fourth-order valence-corrected chi connectivity index (χ4v) is 3.38. The molecule has 3 nitrogen and oxygen atoms in total. The van der Waals surface area contributed by atoms with Gasteiger partial charge < -0.3 is 5.32 Å². The number of hydrogen-bond donors (Lipinski definition) is 1. The van der Waals surface area contributed by atoms with E-state index in [2.05, 4.69) is 10.3 Å². The summed E-state index contributed by atoms with van der Waals surface area (Å²) in [7, 11) is 0. The smallest absolute Gasteiger partial charge is 0.264 e. The maximum Gasteiger partial charge on any atom is 0.264 e. The van der Waals surface area contributed by atoms with Crippen molar-refractivity contribution < 1.29 is 9.18 Å². The molecule has 0 bridgehead atoms. The molecule has 0 spiro atoms. The average molecular weight is 402 g/mol. The van der Waals surface area contributed by atoms with Gasteiger partial charge in [-0.2, -0.15) is 0 Å². The van der Waals surface area contributed by atoms with Crippen LogP contribution in [0.15, 0.2) is 46.3 Å². The van der Waals surface area contributed by atoms with Crippen molar-refractivity contribution in [3.05, 3.63) is 67.8 Å². The molecule has 1 amide bonds. The summed E-state index contributed by atoms with van der Waals surface area (Å²) < 4.78 is 13.2. The number of nitrogens with zero attached hydrogens (tertiary/aromatic N) is 1. The highest BCUT2D eigenvalue weighted by Gasteiger charge is 2.24. The predicted molar refractivity (Wildman–Crippen MR) is 98.7 cm³/mol. The molecule has 24 heavy (non-hydrogen) atoms. The van der Waals surface area contributed by atoms with Crippen LogP contribution in [-0.2, 0) is 4.79 Å². The maximum absolute atomic E-state index is 13.2. The minimum Gasteiger partial charge on any atom is -0.300 e. The van der Waals surface area contributed by atoms with Gasteiger partial charge in [0.25, 0.3) is 5.91 Å². The first-order valence-corrected chi connectivity index (χ1v) is 8.57. The Balaban J connectivity index is 1.86. The van der Waals surface area contributed by atoms with E-state index < -0.39 is 5.82 Å². The van der Waals surface area contributed by atoms with Crippen molar-refractivity contribution in [1.29, 1.82) is 0 Å². The molecular formula is C16H8Cl3FN2OS. The van der Waals surface area contributed by atoms with Crippen LogP contribution >= 0.6 is 46.6 Å². The van der Waals surface area contributed by atoms with E-state index in [4.69, 9.17) is 34.8 Å². The monoisotopic (exact) mass is 400 g/mol. The second kappa shape index (κ2) is 7.15. The van der Waals surface area contributed by atoms with Gasteiger partial charge in [-0.1, -0.05) is 40.9 Å². The fraction of sp³-hybridized carbons (Fsp3) is 0. The van der Waals surface area contributed by atoms with Crippen LogP contribution in [0.4, 0.5) is 10.1 Å². The summed E-state index contributed by atoms with van der Waals surface area (Å²) in [5.41, 5.74) is 1.11. The summed E-state index contributed by atoms with van der Waals surface area (Å²) in [6.45, 7) is 0. The zero-order valence-corrected chi connectivity index (χ0v) is 14.9. The van der Waals surface area contributed by atoms with Crippen molar-refractivity contribution in [3.8, 4) is 0 Å². The Morgan fingerprint density at radius 2 is 1.88 bits per heavy atom. The van der Waals surface area contributed by atoms with Crippen LogP contribution < -0.4 is 5.32 Å². The molecule has 1 aliphatic heterocycles. The molecule has 0 aliphatic carbocycles. The Morgan fingerprint density at radius 1 is 1.08 bits per heavy atom. The SMILES string of the molecule is O=C1NC(=Nc2ccc(F)c(Cl)c2)S/C1=C\c1ccc(Cl)cc1Cl. The zero-order chi connectivity index (χ0) is 17.3. The van der Waals surface area contributed by atoms with Crippen molar-refractivity contribution >= 4 is 69.4 Å². The Morgan fingerprint density at radius 3 is 2.58 bits per heavy atom. The summed E-state index contributed by atoms with van der Waals surface area (Å²) in [6.07, 6.45) is 1.65. The molecule has 2 aromatic carbocycles. The number of thioether (sulfide) groups is 1. The number of aliphatic imine (C=N–C) groups is 1. The topological polar surface area (TPSA) is 41.5 Å². The highest BCUT2D eigenvalue weighted by atomic mass is 35.5. The third-order valence-electron chi connectivity index (χ3n) is 3.03. The van der Waals surface area contributed by atoms with Crippen molar-refractivity contribution in [2.24, 2.45) is 4.99 Å². The fourth-order valence-electron chi connectivity index (χ4n) is 1.91. The number of halogens is 4. The van der Waals surface area contributed by atoms with Gasteiger partial charge in [0.15, 0.2) is 5.17 Å². The summed E-state index contributed by atoms with van der Waals surface area (Å²) in [4.78, 5) is 16.7. The molecule has 1 N–H and O–H groups in total. The van der Waals surface area contributed by atoms with Gasteiger partial charge in [0.2, 0.25) is 0 Å². The summed E-state index contributed by atoms with van der Waals surface area (Å²) >= 11 is 18.8. The Labute approximate surface area is 156 Å². The largest absolute Gasteiger partial charge is 0.300 e. The Bertz CT molecular complexity index is 899. The van der Waals surface area contributed by atoms with Gasteiger partial charge in [-0.05, 0) is 53.7 Å². The standard InChI is InChI=1S/C16H8Cl3FN2OS/c17-9-2-1-8(11(18)6-9)5-14-15(23)22-16(24-14)21-10-3-4-13(20)12(19)7-10/h1-7H,(H,21,22,23)/b14-5-. The summed E-state index contributed by atoms with van der Waals surface area (Å²) in [5.74, 6) is -0.820. The van der Waals surface area contributed by atoms with E-state index in [9.17, 15) is 9.18 Å². The number of nitrogens with one attached hydrogen (secondary N) is 1. The van der Waals surface area contributed by atoms with Gasteiger partial charge in [-0.3, -0.25) is 4.79 Å². The molecule has 1 saturated heterocycles. The number of amidine groups is 1. The molecule has 1 heterocycles. The molecular weight excluding hydrogens is 394 g/mol. The minimum atomic E-state index is -0.526. The lowest BCUT2D eigenvalue weighted by Crippen LogP contribution is -2.19. The van der Waals surface area contributed by atoms with E-state index in [-0.39, 0.29) is 10.9 Å². The molecule has 3 rings (SSSR count). The van der Waals surface area contributed by atoms with E-state index in [1.165, 1.54) is 18.2 Å². The van der Waals surface area contributed by atoms with Gasteiger partial charge >= 0.3 is 0 Å². The first kappa shape index (κ1) is 17.3. The maximum atomic E-state index is 13.2. The predicted octanol–water partition coefficient (Wildman–Crippen LogP) is 5.68. The van der Waals surface area contributed by atoms with Gasteiger partial charge in [0.1, 0.15) is 5.82 Å². The van der Waals surface area contributed by atoms with Gasteiger partial charge in [0.05, 0.1) is 15.6 Å². The molecule has 1 aliphatic rings. The van der Waals surface area contributed by atoms with E-state index in [0.29, 0.717) is 31.4 Å². The quantitative estimate of drug-likeness (QED) is 0.658. The molecule has 0 radical (unpaired) electrons. The van der Waals surface area contributed by atoms with Crippen molar-refractivity contribution in [1.82, 2.24) is 5.32 Å². The molecule has 8 heteroatoms. The third kappa shape index (κ3) is 3.92. The van der Waals surface area contributed by atoms with Crippen molar-refractivity contribution in [2.45, 2.75) is 0 Å². The Kier molecular flexibility index (Phi) is 5.15. The number of rotatable bonds is 2. The number of carbonyl (C=O) groups excluding carboxylic acids is 1. The van der Waals surface area contributed by atoms with Crippen LogP contribution in [-0.4, -0.2) is 11.1 Å². The molecule has 0 unspecified atom stereocenters. The highest BCUT2D eigenvalue weighted by molar-refractivity contribution is 8.18. The van der Waals surface area contributed by atoms with Crippen LogP contribution in [0, 0.1) is 5.82 Å². The molecule has 122 valence electrons. The molecule has 1 fully saturated rings. The molecule has 0 saturated carbocycles. The van der Waals surface area contributed by atoms with Crippen molar-refractivity contribution in [2.75, 3.05) is 0 Å². The highest BCUT2D eigenvalue weighted by Crippen LogP contribution is 2.31. The second-order valence-corrected chi connectivity index (χ2v) is 7.03. The first-order chi connectivity index (χ1) is 11.4. The minimum absolute atomic E-state index is 0.0325. The van der Waals surface area contributed by atoms with E-state index >= 15 is 0 Å². The molecule has 0 atom stereocenters. The van der Waals surface area contributed by atoms with Crippen LogP contribution in [0.25, 0.3) is 6.08 Å².